The Bertz CT molecular complexity index is 474. The van der Waals surface area contributed by atoms with Gasteiger partial charge in [-0.15, -0.1) is 0 Å². The van der Waals surface area contributed by atoms with Crippen molar-refractivity contribution in [2.24, 2.45) is 5.92 Å². The first-order chi connectivity index (χ1) is 10.3. The maximum absolute atomic E-state index is 12.3. The van der Waals surface area contributed by atoms with Gasteiger partial charge in [0.25, 0.3) is 0 Å². The summed E-state index contributed by atoms with van der Waals surface area (Å²) >= 11 is 0. The van der Waals surface area contributed by atoms with Gasteiger partial charge in [0.2, 0.25) is 0 Å². The SMILES string of the molecule is O=C(CCC1CCCCC1)CC1CCOc2ccccc21. The maximum atomic E-state index is 12.3. The normalized spacial score (nSPS) is 22.4. The van der Waals surface area contributed by atoms with Crippen molar-refractivity contribution in [1.82, 2.24) is 0 Å². The van der Waals surface area contributed by atoms with Gasteiger partial charge in [-0.1, -0.05) is 50.3 Å². The van der Waals surface area contributed by atoms with E-state index in [1.807, 2.05) is 18.2 Å². The molecule has 3 rings (SSSR count). The third-order valence-corrected chi connectivity index (χ3v) is 5.11. The number of fused-ring (bicyclic) bond motifs is 1. The smallest absolute Gasteiger partial charge is 0.133 e. The number of hydrogen-bond acceptors (Lipinski definition) is 2. The van der Waals surface area contributed by atoms with Crippen LogP contribution >= 0.6 is 0 Å². The van der Waals surface area contributed by atoms with E-state index in [0.29, 0.717) is 18.1 Å². The van der Waals surface area contributed by atoms with Crippen LogP contribution < -0.4 is 4.74 Å². The van der Waals surface area contributed by atoms with Crippen LogP contribution in [0.4, 0.5) is 0 Å². The molecular formula is C19H26O2. The molecule has 1 aromatic rings. The Morgan fingerprint density at radius 3 is 2.76 bits per heavy atom. The molecule has 21 heavy (non-hydrogen) atoms. The number of para-hydroxylation sites is 1. The largest absolute Gasteiger partial charge is 0.493 e. The van der Waals surface area contributed by atoms with Crippen molar-refractivity contribution in [3.05, 3.63) is 29.8 Å². The molecular weight excluding hydrogens is 260 g/mol. The van der Waals surface area contributed by atoms with Crippen LogP contribution in [0.3, 0.4) is 0 Å². The molecule has 2 nitrogen and oxygen atoms in total. The minimum absolute atomic E-state index is 0.369. The van der Waals surface area contributed by atoms with Crippen LogP contribution in [0.5, 0.6) is 5.75 Å². The molecule has 1 atom stereocenters. The molecule has 1 saturated carbocycles. The maximum Gasteiger partial charge on any atom is 0.133 e. The Balaban J connectivity index is 1.51. The van der Waals surface area contributed by atoms with E-state index in [1.165, 1.54) is 37.7 Å². The van der Waals surface area contributed by atoms with E-state index >= 15 is 0 Å². The zero-order chi connectivity index (χ0) is 14.5. The Hall–Kier alpha value is -1.31. The number of benzene rings is 1. The minimum Gasteiger partial charge on any atom is -0.493 e. The minimum atomic E-state index is 0.369. The third-order valence-electron chi connectivity index (χ3n) is 5.11. The summed E-state index contributed by atoms with van der Waals surface area (Å²) in [5, 5.41) is 0. The summed E-state index contributed by atoms with van der Waals surface area (Å²) in [6.07, 6.45) is 10.4. The molecule has 0 amide bonds. The van der Waals surface area contributed by atoms with E-state index in [4.69, 9.17) is 4.74 Å². The van der Waals surface area contributed by atoms with Gasteiger partial charge in [-0.3, -0.25) is 4.79 Å². The highest BCUT2D eigenvalue weighted by molar-refractivity contribution is 5.79. The fourth-order valence-electron chi connectivity index (χ4n) is 3.85. The molecule has 1 unspecified atom stereocenters. The lowest BCUT2D eigenvalue weighted by Crippen LogP contribution is -2.17. The lowest BCUT2D eigenvalue weighted by atomic mass is 9.83. The Morgan fingerprint density at radius 2 is 1.90 bits per heavy atom. The molecule has 0 aromatic heterocycles. The highest BCUT2D eigenvalue weighted by Crippen LogP contribution is 2.36. The summed E-state index contributed by atoms with van der Waals surface area (Å²) in [7, 11) is 0. The van der Waals surface area contributed by atoms with E-state index < -0.39 is 0 Å². The second-order valence-corrected chi connectivity index (χ2v) is 6.66. The summed E-state index contributed by atoms with van der Waals surface area (Å²) in [5.41, 5.74) is 1.23. The number of ketones is 1. The van der Waals surface area contributed by atoms with Crippen LogP contribution in [0.2, 0.25) is 0 Å². The third kappa shape index (κ3) is 3.87. The standard InChI is InChI=1S/C19H26O2/c20-17(11-10-15-6-2-1-3-7-15)14-16-12-13-21-19-9-5-4-8-18(16)19/h4-5,8-9,15-16H,1-3,6-7,10-14H2. The Kier molecular flexibility index (Phi) is 4.95. The predicted octanol–water partition coefficient (Wildman–Crippen LogP) is 4.87. The predicted molar refractivity (Wildman–Crippen MR) is 84.7 cm³/mol. The molecule has 1 fully saturated rings. The van der Waals surface area contributed by atoms with E-state index in [9.17, 15) is 4.79 Å². The summed E-state index contributed by atoms with van der Waals surface area (Å²) in [6, 6.07) is 8.20. The first-order valence-electron chi connectivity index (χ1n) is 8.56. The van der Waals surface area contributed by atoms with Gasteiger partial charge < -0.3 is 4.74 Å². The van der Waals surface area contributed by atoms with Gasteiger partial charge in [-0.2, -0.15) is 0 Å². The van der Waals surface area contributed by atoms with Gasteiger partial charge >= 0.3 is 0 Å². The quantitative estimate of drug-likeness (QED) is 0.771. The van der Waals surface area contributed by atoms with E-state index in [1.54, 1.807) is 0 Å². The van der Waals surface area contributed by atoms with Crippen LogP contribution in [-0.2, 0) is 4.79 Å². The number of Topliss-reactive ketones (excluding diaryl/α,β-unsaturated/α-hetero) is 1. The van der Waals surface area contributed by atoms with Crippen molar-refractivity contribution in [2.75, 3.05) is 6.61 Å². The molecule has 1 aliphatic heterocycles. The first kappa shape index (κ1) is 14.6. The van der Waals surface area contributed by atoms with Gasteiger partial charge in [-0.05, 0) is 36.3 Å². The van der Waals surface area contributed by atoms with Crippen LogP contribution in [0.1, 0.15) is 69.3 Å². The first-order valence-corrected chi connectivity index (χ1v) is 8.56. The van der Waals surface area contributed by atoms with E-state index in [-0.39, 0.29) is 0 Å². The fourth-order valence-corrected chi connectivity index (χ4v) is 3.85. The highest BCUT2D eigenvalue weighted by Gasteiger charge is 2.24. The number of carbonyl (C=O) groups is 1. The zero-order valence-electron chi connectivity index (χ0n) is 12.9. The van der Waals surface area contributed by atoms with E-state index in [2.05, 4.69) is 6.07 Å². The molecule has 0 bridgehead atoms. The molecule has 114 valence electrons. The molecule has 2 aliphatic rings. The van der Waals surface area contributed by atoms with Gasteiger partial charge in [0.1, 0.15) is 11.5 Å². The average Bonchev–Trinajstić information content (AvgIpc) is 2.54. The van der Waals surface area contributed by atoms with Crippen LogP contribution in [0.15, 0.2) is 24.3 Å². The van der Waals surface area contributed by atoms with Crippen LogP contribution in [0.25, 0.3) is 0 Å². The topological polar surface area (TPSA) is 26.3 Å². The van der Waals surface area contributed by atoms with E-state index in [0.717, 1.165) is 37.5 Å². The lowest BCUT2D eigenvalue weighted by Gasteiger charge is -2.26. The van der Waals surface area contributed by atoms with Crippen molar-refractivity contribution in [3.8, 4) is 5.75 Å². The molecule has 0 spiro atoms. The van der Waals surface area contributed by atoms with Crippen LogP contribution in [0, 0.1) is 5.92 Å². The van der Waals surface area contributed by atoms with Crippen molar-refractivity contribution >= 4 is 5.78 Å². The van der Waals surface area contributed by atoms with Crippen molar-refractivity contribution in [3.63, 3.8) is 0 Å². The highest BCUT2D eigenvalue weighted by atomic mass is 16.5. The van der Waals surface area contributed by atoms with Gasteiger partial charge in [0, 0.05) is 12.8 Å². The molecule has 0 radical (unpaired) electrons. The number of ether oxygens (including phenoxy) is 1. The molecule has 1 aromatic carbocycles. The Morgan fingerprint density at radius 1 is 1.10 bits per heavy atom. The summed E-state index contributed by atoms with van der Waals surface area (Å²) in [6.45, 7) is 0.748. The van der Waals surface area contributed by atoms with Gasteiger partial charge in [0.15, 0.2) is 0 Å². The molecule has 2 heteroatoms. The zero-order valence-corrected chi connectivity index (χ0v) is 12.9. The monoisotopic (exact) mass is 286 g/mol. The summed E-state index contributed by atoms with van der Waals surface area (Å²) in [5.74, 6) is 2.61. The second-order valence-electron chi connectivity index (χ2n) is 6.66. The summed E-state index contributed by atoms with van der Waals surface area (Å²) in [4.78, 5) is 12.3. The number of hydrogen-bond donors (Lipinski definition) is 0. The molecule has 0 N–H and O–H groups in total. The lowest BCUT2D eigenvalue weighted by molar-refractivity contribution is -0.119. The Labute approximate surface area is 127 Å². The molecule has 0 saturated heterocycles. The van der Waals surface area contributed by atoms with Crippen molar-refractivity contribution in [2.45, 2.75) is 63.7 Å². The van der Waals surface area contributed by atoms with Crippen LogP contribution in [-0.4, -0.2) is 12.4 Å². The summed E-state index contributed by atoms with van der Waals surface area (Å²) < 4.78 is 5.68. The number of rotatable bonds is 5. The average molecular weight is 286 g/mol. The number of carbonyl (C=O) groups excluding carboxylic acids is 1. The van der Waals surface area contributed by atoms with Gasteiger partial charge in [0.05, 0.1) is 6.61 Å². The fraction of sp³-hybridized carbons (Fsp3) is 0.632. The second kappa shape index (κ2) is 7.11. The molecule has 1 heterocycles. The van der Waals surface area contributed by atoms with Crippen molar-refractivity contribution in [1.29, 1.82) is 0 Å². The molecule has 1 aliphatic carbocycles. The van der Waals surface area contributed by atoms with Crippen molar-refractivity contribution < 1.29 is 9.53 Å². The van der Waals surface area contributed by atoms with Gasteiger partial charge in [-0.25, -0.2) is 0 Å².